The van der Waals surface area contributed by atoms with Crippen molar-refractivity contribution in [2.45, 2.75) is 13.3 Å². The van der Waals surface area contributed by atoms with Gasteiger partial charge in [0.25, 0.3) is 0 Å². The molecule has 0 aliphatic heterocycles. The van der Waals surface area contributed by atoms with Crippen LogP contribution in [0.5, 0.6) is 11.5 Å². The molecule has 0 amide bonds. The van der Waals surface area contributed by atoms with Gasteiger partial charge in [0.05, 0.1) is 26.2 Å². The van der Waals surface area contributed by atoms with Gasteiger partial charge in [-0.3, -0.25) is 9.59 Å². The van der Waals surface area contributed by atoms with E-state index in [2.05, 4.69) is 0 Å². The molecule has 1 aromatic carbocycles. The molecule has 1 heterocycles. The number of methoxy groups -OCH3 is 2. The second-order valence-corrected chi connectivity index (χ2v) is 4.75. The molecule has 0 saturated heterocycles. The van der Waals surface area contributed by atoms with Crippen molar-refractivity contribution in [3.05, 3.63) is 33.6 Å². The van der Waals surface area contributed by atoms with E-state index in [9.17, 15) is 9.59 Å². The van der Waals surface area contributed by atoms with Crippen LogP contribution in [0.4, 0.5) is 0 Å². The number of benzene rings is 1. The average molecular weight is 291 g/mol. The molecule has 0 bridgehead atoms. The molecule has 112 valence electrons. The van der Waals surface area contributed by atoms with E-state index in [1.165, 1.54) is 14.2 Å². The van der Waals surface area contributed by atoms with Crippen LogP contribution in [0, 0.1) is 6.92 Å². The first-order chi connectivity index (χ1) is 9.90. The Labute approximate surface area is 121 Å². The van der Waals surface area contributed by atoms with Crippen LogP contribution in [0.25, 0.3) is 10.9 Å². The topological polar surface area (TPSA) is 77.8 Å². The molecule has 1 N–H and O–H groups in total. The van der Waals surface area contributed by atoms with Crippen LogP contribution < -0.4 is 14.9 Å². The summed E-state index contributed by atoms with van der Waals surface area (Å²) in [6.45, 7) is 1.73. The second-order valence-electron chi connectivity index (χ2n) is 4.75. The van der Waals surface area contributed by atoms with Crippen molar-refractivity contribution < 1.29 is 19.4 Å². The maximum atomic E-state index is 12.5. The molecule has 0 unspecified atom stereocenters. The summed E-state index contributed by atoms with van der Waals surface area (Å²) in [6.07, 6.45) is -0.303. The van der Waals surface area contributed by atoms with E-state index < -0.39 is 5.97 Å². The highest BCUT2D eigenvalue weighted by atomic mass is 16.5. The van der Waals surface area contributed by atoms with Gasteiger partial charge in [-0.15, -0.1) is 0 Å². The summed E-state index contributed by atoms with van der Waals surface area (Å²) >= 11 is 0. The van der Waals surface area contributed by atoms with Crippen molar-refractivity contribution >= 4 is 16.9 Å². The predicted molar refractivity (Wildman–Crippen MR) is 78.4 cm³/mol. The van der Waals surface area contributed by atoms with Crippen LogP contribution >= 0.6 is 0 Å². The third-order valence-corrected chi connectivity index (χ3v) is 3.65. The summed E-state index contributed by atoms with van der Waals surface area (Å²) in [4.78, 5) is 23.5. The molecule has 0 atom stereocenters. The number of hydrogen-bond acceptors (Lipinski definition) is 4. The largest absolute Gasteiger partial charge is 0.493 e. The first-order valence-corrected chi connectivity index (χ1v) is 6.36. The van der Waals surface area contributed by atoms with Gasteiger partial charge in [0.2, 0.25) is 0 Å². The Morgan fingerprint density at radius 3 is 2.33 bits per heavy atom. The minimum atomic E-state index is -1.03. The van der Waals surface area contributed by atoms with Crippen LogP contribution in [-0.4, -0.2) is 29.9 Å². The maximum Gasteiger partial charge on any atom is 0.308 e. The number of pyridine rings is 1. The lowest BCUT2D eigenvalue weighted by Crippen LogP contribution is -2.20. The molecule has 1 aromatic heterocycles. The van der Waals surface area contributed by atoms with Gasteiger partial charge >= 0.3 is 5.97 Å². The fourth-order valence-corrected chi connectivity index (χ4v) is 2.40. The van der Waals surface area contributed by atoms with Crippen molar-refractivity contribution in [1.82, 2.24) is 4.57 Å². The highest BCUT2D eigenvalue weighted by molar-refractivity contribution is 5.85. The molecule has 0 aliphatic rings. The molecule has 0 saturated carbocycles. The molecule has 0 aliphatic carbocycles. The lowest BCUT2D eigenvalue weighted by molar-refractivity contribution is -0.136. The van der Waals surface area contributed by atoms with Gasteiger partial charge in [0, 0.05) is 29.8 Å². The van der Waals surface area contributed by atoms with Gasteiger partial charge in [0.15, 0.2) is 16.9 Å². The van der Waals surface area contributed by atoms with E-state index in [0.29, 0.717) is 28.1 Å². The molecule has 6 heteroatoms. The summed E-state index contributed by atoms with van der Waals surface area (Å²) in [5.41, 5.74) is 1.29. The third kappa shape index (κ3) is 2.44. The zero-order chi connectivity index (χ0) is 15.7. The fraction of sp³-hybridized carbons (Fsp3) is 0.333. The molecule has 6 nitrogen and oxygen atoms in total. The highest BCUT2D eigenvalue weighted by Crippen LogP contribution is 2.31. The number of aryl methyl sites for hydroxylation is 1. The number of carboxylic acids is 1. The van der Waals surface area contributed by atoms with Crippen molar-refractivity contribution in [3.63, 3.8) is 0 Å². The molecular formula is C15H17NO5. The molecule has 2 aromatic rings. The molecule has 2 rings (SSSR count). The molecule has 0 spiro atoms. The van der Waals surface area contributed by atoms with E-state index in [1.54, 1.807) is 30.7 Å². The third-order valence-electron chi connectivity index (χ3n) is 3.65. The van der Waals surface area contributed by atoms with Crippen LogP contribution in [0.3, 0.4) is 0 Å². The molecular weight excluding hydrogens is 274 g/mol. The Kier molecular flexibility index (Phi) is 3.88. The number of fused-ring (bicyclic) bond motifs is 1. The quantitative estimate of drug-likeness (QED) is 0.923. The Morgan fingerprint density at radius 2 is 1.81 bits per heavy atom. The van der Waals surface area contributed by atoms with Crippen LogP contribution in [-0.2, 0) is 18.3 Å². The van der Waals surface area contributed by atoms with Crippen LogP contribution in [0.2, 0.25) is 0 Å². The lowest BCUT2D eigenvalue weighted by atomic mass is 10.0. The summed E-state index contributed by atoms with van der Waals surface area (Å²) < 4.78 is 12.2. The zero-order valence-electron chi connectivity index (χ0n) is 12.4. The normalized spacial score (nSPS) is 10.7. The van der Waals surface area contributed by atoms with Crippen LogP contribution in [0.1, 0.15) is 11.3 Å². The predicted octanol–water partition coefficient (Wildman–Crippen LogP) is 1.49. The monoisotopic (exact) mass is 291 g/mol. The number of carbonyl (C=O) groups is 1. The molecule has 21 heavy (non-hydrogen) atoms. The number of hydrogen-bond donors (Lipinski definition) is 1. The number of aromatic nitrogens is 1. The van der Waals surface area contributed by atoms with Gasteiger partial charge in [0.1, 0.15) is 0 Å². The minimum Gasteiger partial charge on any atom is -0.493 e. The Bertz CT molecular complexity index is 776. The van der Waals surface area contributed by atoms with E-state index >= 15 is 0 Å². The summed E-state index contributed by atoms with van der Waals surface area (Å²) in [6, 6.07) is 3.30. The van der Waals surface area contributed by atoms with E-state index in [0.717, 1.165) is 0 Å². The Morgan fingerprint density at radius 1 is 1.24 bits per heavy atom. The van der Waals surface area contributed by atoms with Gasteiger partial charge in [-0.1, -0.05) is 0 Å². The minimum absolute atomic E-state index is 0.282. The summed E-state index contributed by atoms with van der Waals surface area (Å²) in [7, 11) is 4.79. The van der Waals surface area contributed by atoms with Gasteiger partial charge in [-0.05, 0) is 13.0 Å². The standard InChI is InChI=1S/C15H17NO5/c1-8-9(6-14(17)18)15(19)10-5-12(20-3)13(21-4)7-11(10)16(8)2/h5,7H,6H2,1-4H3,(H,17,18). The second kappa shape index (κ2) is 5.47. The average Bonchev–Trinajstić information content (AvgIpc) is 2.47. The van der Waals surface area contributed by atoms with Crippen LogP contribution in [0.15, 0.2) is 16.9 Å². The van der Waals surface area contributed by atoms with Crippen molar-refractivity contribution in [3.8, 4) is 11.5 Å². The maximum absolute atomic E-state index is 12.5. The van der Waals surface area contributed by atoms with Gasteiger partial charge in [-0.2, -0.15) is 0 Å². The number of rotatable bonds is 4. The van der Waals surface area contributed by atoms with Crippen molar-refractivity contribution in [2.75, 3.05) is 14.2 Å². The lowest BCUT2D eigenvalue weighted by Gasteiger charge is -2.16. The van der Waals surface area contributed by atoms with E-state index in [-0.39, 0.29) is 17.4 Å². The SMILES string of the molecule is COc1cc2c(=O)c(CC(=O)O)c(C)n(C)c2cc1OC. The molecule has 0 radical (unpaired) electrons. The molecule has 0 fully saturated rings. The first kappa shape index (κ1) is 14.9. The Hall–Kier alpha value is -2.50. The van der Waals surface area contributed by atoms with Crippen molar-refractivity contribution in [2.24, 2.45) is 7.05 Å². The van der Waals surface area contributed by atoms with Gasteiger partial charge in [-0.25, -0.2) is 0 Å². The summed E-state index contributed by atoms with van der Waals surface area (Å²) in [5, 5.41) is 9.38. The van der Waals surface area contributed by atoms with Gasteiger partial charge < -0.3 is 19.1 Å². The highest BCUT2D eigenvalue weighted by Gasteiger charge is 2.17. The fourth-order valence-electron chi connectivity index (χ4n) is 2.40. The first-order valence-electron chi connectivity index (χ1n) is 6.36. The zero-order valence-corrected chi connectivity index (χ0v) is 12.4. The summed E-state index contributed by atoms with van der Waals surface area (Å²) in [5.74, 6) is -0.0763. The Balaban J connectivity index is 2.89. The smallest absolute Gasteiger partial charge is 0.308 e. The number of ether oxygens (including phenoxy) is 2. The van der Waals surface area contributed by atoms with E-state index in [1.807, 2.05) is 0 Å². The number of nitrogens with zero attached hydrogens (tertiary/aromatic N) is 1. The van der Waals surface area contributed by atoms with E-state index in [4.69, 9.17) is 14.6 Å². The number of carboxylic acid groups (broad SMARTS) is 1. The number of aliphatic carboxylic acids is 1. The van der Waals surface area contributed by atoms with Crippen molar-refractivity contribution in [1.29, 1.82) is 0 Å².